The molecule has 1 N–H and O–H groups in total. The minimum Gasteiger partial charge on any atom is -0.388 e. The molecule has 0 radical (unpaired) electrons. The Balaban J connectivity index is 3.29. The molecule has 0 saturated heterocycles. The van der Waals surface area contributed by atoms with Crippen LogP contribution in [0, 0.1) is 11.6 Å². The van der Waals surface area contributed by atoms with E-state index < -0.39 is 35.0 Å². The van der Waals surface area contributed by atoms with Crippen molar-refractivity contribution in [3.8, 4) is 0 Å². The zero-order valence-electron chi connectivity index (χ0n) is 8.28. The molecule has 0 spiro atoms. The maximum absolute atomic E-state index is 13.2. The Morgan fingerprint density at radius 3 is 2.19 bits per heavy atom. The summed E-state index contributed by atoms with van der Waals surface area (Å²) in [6, 6.07) is 1.17. The van der Waals surface area contributed by atoms with Gasteiger partial charge >= 0.3 is 6.18 Å². The molecular formula is C10H9F5O. The molecule has 0 heterocycles. The van der Waals surface area contributed by atoms with Crippen molar-refractivity contribution in [3.63, 3.8) is 0 Å². The molecule has 1 atom stereocenters. The van der Waals surface area contributed by atoms with Crippen molar-refractivity contribution in [1.82, 2.24) is 0 Å². The fourth-order valence-electron chi connectivity index (χ4n) is 1.26. The fraction of sp³-hybridized carbons (Fsp3) is 0.400. The SMILES string of the molecule is CCC(O)c1ccc(C(F)(F)F)c(F)c1F. The van der Waals surface area contributed by atoms with E-state index in [-0.39, 0.29) is 6.42 Å². The Labute approximate surface area is 88.5 Å². The monoisotopic (exact) mass is 240 g/mol. The van der Waals surface area contributed by atoms with Gasteiger partial charge in [0.1, 0.15) is 0 Å². The molecule has 0 aliphatic heterocycles. The lowest BCUT2D eigenvalue weighted by molar-refractivity contribution is -0.140. The molecule has 0 saturated carbocycles. The number of halogens is 5. The van der Waals surface area contributed by atoms with Gasteiger partial charge in [-0.05, 0) is 12.5 Å². The second kappa shape index (κ2) is 4.37. The van der Waals surface area contributed by atoms with E-state index in [4.69, 9.17) is 0 Å². The second-order valence-corrected chi connectivity index (χ2v) is 3.25. The number of aliphatic hydroxyl groups excluding tert-OH is 1. The summed E-state index contributed by atoms with van der Waals surface area (Å²) in [6.07, 6.45) is -6.17. The number of benzene rings is 1. The van der Waals surface area contributed by atoms with Gasteiger partial charge in [0.05, 0.1) is 11.7 Å². The molecule has 0 bridgehead atoms. The van der Waals surface area contributed by atoms with Crippen molar-refractivity contribution < 1.29 is 27.1 Å². The van der Waals surface area contributed by atoms with Gasteiger partial charge in [-0.3, -0.25) is 0 Å². The maximum atomic E-state index is 13.2. The molecule has 1 nitrogen and oxygen atoms in total. The number of rotatable bonds is 2. The summed E-state index contributed by atoms with van der Waals surface area (Å²) in [7, 11) is 0. The molecule has 0 amide bonds. The highest BCUT2D eigenvalue weighted by Gasteiger charge is 2.36. The first kappa shape index (κ1) is 12.9. The van der Waals surface area contributed by atoms with Gasteiger partial charge in [0.15, 0.2) is 11.6 Å². The molecule has 6 heteroatoms. The minimum absolute atomic E-state index is 0.0850. The second-order valence-electron chi connectivity index (χ2n) is 3.25. The molecule has 0 aromatic heterocycles. The van der Waals surface area contributed by atoms with Crippen molar-refractivity contribution in [1.29, 1.82) is 0 Å². The average Bonchev–Trinajstić information content (AvgIpc) is 2.19. The first-order valence-electron chi connectivity index (χ1n) is 4.52. The van der Waals surface area contributed by atoms with E-state index in [1.165, 1.54) is 6.92 Å². The summed E-state index contributed by atoms with van der Waals surface area (Å²) in [4.78, 5) is 0. The Morgan fingerprint density at radius 2 is 1.75 bits per heavy atom. The average molecular weight is 240 g/mol. The Hall–Kier alpha value is -1.17. The van der Waals surface area contributed by atoms with Crippen LogP contribution in [0.2, 0.25) is 0 Å². The summed E-state index contributed by atoms with van der Waals surface area (Å²) in [5.74, 6) is -3.62. The third-order valence-electron chi connectivity index (χ3n) is 2.16. The molecule has 1 aromatic rings. The van der Waals surface area contributed by atoms with Crippen molar-refractivity contribution in [2.45, 2.75) is 25.6 Å². The molecule has 0 fully saturated rings. The van der Waals surface area contributed by atoms with Crippen LogP contribution in [0.25, 0.3) is 0 Å². The number of alkyl halides is 3. The van der Waals surface area contributed by atoms with Gasteiger partial charge in [-0.15, -0.1) is 0 Å². The zero-order valence-corrected chi connectivity index (χ0v) is 8.28. The van der Waals surface area contributed by atoms with E-state index in [0.29, 0.717) is 6.07 Å². The number of hydrogen-bond donors (Lipinski definition) is 1. The quantitative estimate of drug-likeness (QED) is 0.785. The van der Waals surface area contributed by atoms with Gasteiger partial charge in [0.25, 0.3) is 0 Å². The largest absolute Gasteiger partial charge is 0.419 e. The Morgan fingerprint density at radius 1 is 1.19 bits per heavy atom. The standard InChI is InChI=1S/C10H9F5O/c1-2-7(16)5-3-4-6(10(13,14)15)9(12)8(5)11/h3-4,7,16H,2H2,1H3. The van der Waals surface area contributed by atoms with Crippen LogP contribution in [-0.2, 0) is 6.18 Å². The lowest BCUT2D eigenvalue weighted by atomic mass is 10.0. The summed E-state index contributed by atoms with van der Waals surface area (Å²) in [6.45, 7) is 1.50. The third-order valence-corrected chi connectivity index (χ3v) is 2.16. The van der Waals surface area contributed by atoms with Crippen molar-refractivity contribution in [3.05, 3.63) is 34.9 Å². The summed E-state index contributed by atoms with van der Waals surface area (Å²) >= 11 is 0. The highest BCUT2D eigenvalue weighted by molar-refractivity contribution is 5.29. The van der Waals surface area contributed by atoms with Gasteiger partial charge in [0, 0.05) is 5.56 Å². The minimum atomic E-state index is -4.94. The summed E-state index contributed by atoms with van der Waals surface area (Å²) in [5.41, 5.74) is -2.13. The van der Waals surface area contributed by atoms with Crippen LogP contribution < -0.4 is 0 Å². The van der Waals surface area contributed by atoms with Crippen LogP contribution >= 0.6 is 0 Å². The normalized spacial score (nSPS) is 13.9. The smallest absolute Gasteiger partial charge is 0.388 e. The lowest BCUT2D eigenvalue weighted by Gasteiger charge is -2.13. The molecule has 90 valence electrons. The molecule has 1 unspecified atom stereocenters. The maximum Gasteiger partial charge on any atom is 0.419 e. The van der Waals surface area contributed by atoms with Crippen molar-refractivity contribution in [2.24, 2.45) is 0 Å². The molecular weight excluding hydrogens is 231 g/mol. The van der Waals surface area contributed by atoms with Crippen molar-refractivity contribution >= 4 is 0 Å². The van der Waals surface area contributed by atoms with Crippen LogP contribution in [0.5, 0.6) is 0 Å². The number of aliphatic hydroxyl groups is 1. The van der Waals surface area contributed by atoms with Gasteiger partial charge in [0.2, 0.25) is 0 Å². The molecule has 16 heavy (non-hydrogen) atoms. The third kappa shape index (κ3) is 2.32. The molecule has 1 rings (SSSR count). The summed E-state index contributed by atoms with van der Waals surface area (Å²) < 4.78 is 62.8. The van der Waals surface area contributed by atoms with Crippen LogP contribution in [0.15, 0.2) is 12.1 Å². The van der Waals surface area contributed by atoms with E-state index in [1.54, 1.807) is 0 Å². The Bertz CT molecular complexity index is 386. The van der Waals surface area contributed by atoms with Crippen LogP contribution in [-0.4, -0.2) is 5.11 Å². The van der Waals surface area contributed by atoms with Gasteiger partial charge in [-0.2, -0.15) is 13.2 Å². The zero-order chi connectivity index (χ0) is 12.5. The predicted octanol–water partition coefficient (Wildman–Crippen LogP) is 3.43. The van der Waals surface area contributed by atoms with Crippen LogP contribution in [0.4, 0.5) is 22.0 Å². The summed E-state index contributed by atoms with van der Waals surface area (Å²) in [5, 5.41) is 9.24. The van der Waals surface area contributed by atoms with E-state index in [2.05, 4.69) is 0 Å². The molecule has 0 aliphatic carbocycles. The first-order valence-corrected chi connectivity index (χ1v) is 4.52. The molecule has 1 aromatic carbocycles. The highest BCUT2D eigenvalue weighted by Crippen LogP contribution is 2.34. The van der Waals surface area contributed by atoms with E-state index in [0.717, 1.165) is 6.07 Å². The lowest BCUT2D eigenvalue weighted by Crippen LogP contribution is -2.12. The molecule has 0 aliphatic rings. The predicted molar refractivity (Wildman–Crippen MR) is 46.6 cm³/mol. The first-order chi connectivity index (χ1) is 7.29. The van der Waals surface area contributed by atoms with E-state index >= 15 is 0 Å². The van der Waals surface area contributed by atoms with Crippen molar-refractivity contribution in [2.75, 3.05) is 0 Å². The Kier molecular flexibility index (Phi) is 3.52. The van der Waals surface area contributed by atoms with Gasteiger partial charge in [-0.1, -0.05) is 13.0 Å². The van der Waals surface area contributed by atoms with E-state index in [9.17, 15) is 27.1 Å². The van der Waals surface area contributed by atoms with E-state index in [1.807, 2.05) is 0 Å². The van der Waals surface area contributed by atoms with Crippen LogP contribution in [0.1, 0.15) is 30.6 Å². The van der Waals surface area contributed by atoms with Crippen LogP contribution in [0.3, 0.4) is 0 Å². The fourth-order valence-corrected chi connectivity index (χ4v) is 1.26. The van der Waals surface area contributed by atoms with Gasteiger partial charge in [-0.25, -0.2) is 8.78 Å². The topological polar surface area (TPSA) is 20.2 Å². The number of hydrogen-bond acceptors (Lipinski definition) is 1. The van der Waals surface area contributed by atoms with Gasteiger partial charge < -0.3 is 5.11 Å². The highest BCUT2D eigenvalue weighted by atomic mass is 19.4.